The summed E-state index contributed by atoms with van der Waals surface area (Å²) in [6.07, 6.45) is 6.42. The Morgan fingerprint density at radius 3 is 2.80 bits per heavy atom. The molecule has 1 aliphatic carbocycles. The Bertz CT molecular complexity index is 475. The fourth-order valence-corrected chi connectivity index (χ4v) is 3.13. The summed E-state index contributed by atoms with van der Waals surface area (Å²) >= 11 is 0. The molecule has 20 heavy (non-hydrogen) atoms. The SMILES string of the molecule is CCC1CCCC(Oc2cc3c(cc2CN)OCO3)C1. The van der Waals surface area contributed by atoms with Gasteiger partial charge in [0.1, 0.15) is 5.75 Å². The molecule has 3 rings (SSSR count). The van der Waals surface area contributed by atoms with Crippen LogP contribution in [0.5, 0.6) is 17.2 Å². The Hall–Kier alpha value is -1.42. The van der Waals surface area contributed by atoms with Crippen molar-refractivity contribution in [1.29, 1.82) is 0 Å². The van der Waals surface area contributed by atoms with Crippen LogP contribution >= 0.6 is 0 Å². The average Bonchev–Trinajstić information content (AvgIpc) is 2.93. The van der Waals surface area contributed by atoms with Crippen molar-refractivity contribution in [2.75, 3.05) is 6.79 Å². The van der Waals surface area contributed by atoms with Gasteiger partial charge >= 0.3 is 0 Å². The van der Waals surface area contributed by atoms with Crippen molar-refractivity contribution in [3.8, 4) is 17.2 Å². The molecule has 4 nitrogen and oxygen atoms in total. The van der Waals surface area contributed by atoms with E-state index in [1.807, 2.05) is 12.1 Å². The van der Waals surface area contributed by atoms with Gasteiger partial charge in [0.05, 0.1) is 6.10 Å². The summed E-state index contributed by atoms with van der Waals surface area (Å²) in [4.78, 5) is 0. The van der Waals surface area contributed by atoms with Gasteiger partial charge in [-0.1, -0.05) is 19.8 Å². The summed E-state index contributed by atoms with van der Waals surface area (Å²) in [6.45, 7) is 3.00. The zero-order valence-corrected chi connectivity index (χ0v) is 12.1. The van der Waals surface area contributed by atoms with Gasteiger partial charge in [0, 0.05) is 18.2 Å². The molecule has 110 valence electrons. The highest BCUT2D eigenvalue weighted by Gasteiger charge is 2.24. The highest BCUT2D eigenvalue weighted by atomic mass is 16.7. The molecular formula is C16H23NO3. The van der Waals surface area contributed by atoms with Gasteiger partial charge in [0.15, 0.2) is 11.5 Å². The minimum absolute atomic E-state index is 0.282. The summed E-state index contributed by atoms with van der Waals surface area (Å²) in [5, 5.41) is 0. The zero-order valence-electron chi connectivity index (χ0n) is 12.1. The van der Waals surface area contributed by atoms with Crippen LogP contribution in [0.15, 0.2) is 12.1 Å². The van der Waals surface area contributed by atoms with Crippen LogP contribution in [0.25, 0.3) is 0 Å². The standard InChI is InChI=1S/C16H23NO3/c1-2-11-4-3-5-13(6-11)20-14-8-16-15(18-10-19-16)7-12(14)9-17/h7-8,11,13H,2-6,9-10,17H2,1H3. The molecule has 1 fully saturated rings. The summed E-state index contributed by atoms with van der Waals surface area (Å²) in [5.74, 6) is 3.19. The molecule has 0 aromatic heterocycles. The second-order valence-corrected chi connectivity index (χ2v) is 5.70. The number of rotatable bonds is 4. The van der Waals surface area contributed by atoms with E-state index in [0.717, 1.165) is 41.6 Å². The Kier molecular flexibility index (Phi) is 4.01. The third kappa shape index (κ3) is 2.70. The van der Waals surface area contributed by atoms with Crippen LogP contribution in [0.3, 0.4) is 0 Å². The van der Waals surface area contributed by atoms with E-state index in [4.69, 9.17) is 19.9 Å². The molecule has 1 heterocycles. The second-order valence-electron chi connectivity index (χ2n) is 5.70. The minimum atomic E-state index is 0.282. The third-order valence-corrected chi connectivity index (χ3v) is 4.38. The molecular weight excluding hydrogens is 254 g/mol. The van der Waals surface area contributed by atoms with Crippen molar-refractivity contribution in [2.24, 2.45) is 11.7 Å². The smallest absolute Gasteiger partial charge is 0.231 e. The fraction of sp³-hybridized carbons (Fsp3) is 0.625. The van der Waals surface area contributed by atoms with Crippen LogP contribution in [-0.4, -0.2) is 12.9 Å². The van der Waals surface area contributed by atoms with Gasteiger partial charge in [-0.05, 0) is 31.2 Å². The van der Waals surface area contributed by atoms with Crippen molar-refractivity contribution in [2.45, 2.75) is 51.7 Å². The number of ether oxygens (including phenoxy) is 3. The van der Waals surface area contributed by atoms with Crippen LogP contribution in [0, 0.1) is 5.92 Å². The fourth-order valence-electron chi connectivity index (χ4n) is 3.13. The molecule has 1 aliphatic heterocycles. The Morgan fingerprint density at radius 1 is 1.25 bits per heavy atom. The first-order valence-corrected chi connectivity index (χ1v) is 7.59. The minimum Gasteiger partial charge on any atom is -0.490 e. The van der Waals surface area contributed by atoms with Gasteiger partial charge in [-0.15, -0.1) is 0 Å². The summed E-state index contributed by atoms with van der Waals surface area (Å²) in [6, 6.07) is 3.87. The highest BCUT2D eigenvalue weighted by Crippen LogP contribution is 2.39. The molecule has 2 N–H and O–H groups in total. The van der Waals surface area contributed by atoms with E-state index in [9.17, 15) is 0 Å². The number of benzene rings is 1. The summed E-state index contributed by atoms with van der Waals surface area (Å²) in [7, 11) is 0. The number of nitrogens with two attached hydrogens (primary N) is 1. The maximum atomic E-state index is 6.22. The van der Waals surface area contributed by atoms with Gasteiger partial charge in [-0.25, -0.2) is 0 Å². The summed E-state index contributed by atoms with van der Waals surface area (Å²) in [5.41, 5.74) is 6.82. The van der Waals surface area contributed by atoms with Crippen molar-refractivity contribution < 1.29 is 14.2 Å². The Labute approximate surface area is 120 Å². The molecule has 0 spiro atoms. The topological polar surface area (TPSA) is 53.7 Å². The lowest BCUT2D eigenvalue weighted by Gasteiger charge is -2.29. The molecule has 4 heteroatoms. The molecule has 1 aromatic rings. The normalized spacial score (nSPS) is 24.7. The van der Waals surface area contributed by atoms with Crippen LogP contribution in [0.2, 0.25) is 0 Å². The molecule has 2 atom stereocenters. The van der Waals surface area contributed by atoms with Crippen LogP contribution in [0.4, 0.5) is 0 Å². The van der Waals surface area contributed by atoms with Crippen LogP contribution in [0.1, 0.15) is 44.6 Å². The van der Waals surface area contributed by atoms with E-state index < -0.39 is 0 Å². The van der Waals surface area contributed by atoms with Gasteiger partial charge in [0.2, 0.25) is 6.79 Å². The maximum absolute atomic E-state index is 6.22. The highest BCUT2D eigenvalue weighted by molar-refractivity contribution is 5.51. The van der Waals surface area contributed by atoms with Crippen molar-refractivity contribution in [3.05, 3.63) is 17.7 Å². The number of fused-ring (bicyclic) bond motifs is 1. The molecule has 2 unspecified atom stereocenters. The van der Waals surface area contributed by atoms with Gasteiger partial charge in [0.25, 0.3) is 0 Å². The van der Waals surface area contributed by atoms with E-state index in [1.165, 1.54) is 19.3 Å². The molecule has 1 saturated carbocycles. The predicted octanol–water partition coefficient (Wildman–Crippen LogP) is 3.22. The first-order chi connectivity index (χ1) is 9.80. The molecule has 1 aromatic carbocycles. The second kappa shape index (κ2) is 5.92. The monoisotopic (exact) mass is 277 g/mol. The van der Waals surface area contributed by atoms with Crippen LogP contribution < -0.4 is 19.9 Å². The van der Waals surface area contributed by atoms with Crippen LogP contribution in [-0.2, 0) is 6.54 Å². The molecule has 0 bridgehead atoms. The lowest BCUT2D eigenvalue weighted by molar-refractivity contribution is 0.120. The van der Waals surface area contributed by atoms with Gasteiger partial charge in [-0.3, -0.25) is 0 Å². The van der Waals surface area contributed by atoms with E-state index in [2.05, 4.69) is 6.92 Å². The Balaban J connectivity index is 1.76. The number of hydrogen-bond acceptors (Lipinski definition) is 4. The van der Waals surface area contributed by atoms with Crippen molar-refractivity contribution >= 4 is 0 Å². The lowest BCUT2D eigenvalue weighted by atomic mass is 9.85. The molecule has 0 amide bonds. The first-order valence-electron chi connectivity index (χ1n) is 7.59. The Morgan fingerprint density at radius 2 is 2.05 bits per heavy atom. The first kappa shape index (κ1) is 13.6. The molecule has 0 saturated heterocycles. The zero-order chi connectivity index (χ0) is 13.9. The largest absolute Gasteiger partial charge is 0.490 e. The summed E-state index contributed by atoms with van der Waals surface area (Å²) < 4.78 is 17.0. The predicted molar refractivity (Wildman–Crippen MR) is 77.1 cm³/mol. The van der Waals surface area contributed by atoms with Gasteiger partial charge < -0.3 is 19.9 Å². The van der Waals surface area contributed by atoms with Gasteiger partial charge in [-0.2, -0.15) is 0 Å². The van der Waals surface area contributed by atoms with E-state index >= 15 is 0 Å². The maximum Gasteiger partial charge on any atom is 0.231 e. The molecule has 0 radical (unpaired) electrons. The van der Waals surface area contributed by atoms with Crippen molar-refractivity contribution in [3.63, 3.8) is 0 Å². The van der Waals surface area contributed by atoms with E-state index in [-0.39, 0.29) is 6.79 Å². The average molecular weight is 277 g/mol. The quantitative estimate of drug-likeness (QED) is 0.918. The van der Waals surface area contributed by atoms with Crippen molar-refractivity contribution in [1.82, 2.24) is 0 Å². The van der Waals surface area contributed by atoms with E-state index in [1.54, 1.807) is 0 Å². The molecule has 2 aliphatic rings. The number of hydrogen-bond donors (Lipinski definition) is 1. The van der Waals surface area contributed by atoms with E-state index in [0.29, 0.717) is 12.6 Å². The lowest BCUT2D eigenvalue weighted by Crippen LogP contribution is -2.25. The third-order valence-electron chi connectivity index (χ3n) is 4.38.